The third-order valence-electron chi connectivity index (χ3n) is 5.13. The zero-order chi connectivity index (χ0) is 24.5. The summed E-state index contributed by atoms with van der Waals surface area (Å²) in [6.07, 6.45) is 1.76. The molecule has 1 amide bonds. The third kappa shape index (κ3) is 4.85. The van der Waals surface area contributed by atoms with Gasteiger partial charge >= 0.3 is 0 Å². The first kappa shape index (κ1) is 23.6. The van der Waals surface area contributed by atoms with Gasteiger partial charge in [-0.3, -0.25) is 9.52 Å². The van der Waals surface area contributed by atoms with E-state index in [-0.39, 0.29) is 10.6 Å². The van der Waals surface area contributed by atoms with Crippen LogP contribution in [0.5, 0.6) is 0 Å². The van der Waals surface area contributed by atoms with E-state index in [1.54, 1.807) is 6.08 Å². The number of allylic oxidation sites excluding steroid dienone is 1. The second kappa shape index (κ2) is 9.36. The number of benzene rings is 3. The zero-order valence-corrected chi connectivity index (χ0v) is 20.2. The van der Waals surface area contributed by atoms with Crippen LogP contribution >= 0.6 is 11.3 Å². The molecule has 4 rings (SSSR count). The number of halogens is 1. The van der Waals surface area contributed by atoms with Crippen LogP contribution in [-0.4, -0.2) is 18.9 Å². The Morgan fingerprint density at radius 3 is 2.44 bits per heavy atom. The van der Waals surface area contributed by atoms with Gasteiger partial charge in [-0.05, 0) is 79.6 Å². The molecule has 3 aromatic carbocycles. The Morgan fingerprint density at radius 2 is 1.79 bits per heavy atom. The van der Waals surface area contributed by atoms with E-state index >= 15 is 0 Å². The molecule has 0 atom stereocenters. The quantitative estimate of drug-likeness (QED) is 0.374. The molecule has 0 radical (unpaired) electrons. The maximum atomic E-state index is 13.1. The van der Waals surface area contributed by atoms with Gasteiger partial charge in [0.05, 0.1) is 15.1 Å². The summed E-state index contributed by atoms with van der Waals surface area (Å²) in [6.45, 7) is 8.38. The molecule has 9 heteroatoms. The molecule has 1 N–H and O–H groups in total. The molecule has 174 valence electrons. The SMILES string of the molecule is C=CCn1c(=NC(=O)c2ccc(NS(=O)(=O)c3ccc(F)cc3)cc2)sc2c(C)cc(C)cc21. The lowest BCUT2D eigenvalue weighted by Gasteiger charge is -2.08. The molecule has 0 fully saturated rings. The molecule has 0 aliphatic heterocycles. The summed E-state index contributed by atoms with van der Waals surface area (Å²) in [5.74, 6) is -0.962. The van der Waals surface area contributed by atoms with Crippen LogP contribution in [0.15, 0.2) is 83.2 Å². The van der Waals surface area contributed by atoms with Gasteiger partial charge in [-0.1, -0.05) is 23.5 Å². The molecular formula is C25H22FN3O3S2. The number of aromatic nitrogens is 1. The fraction of sp³-hybridized carbons (Fsp3) is 0.120. The van der Waals surface area contributed by atoms with Gasteiger partial charge < -0.3 is 4.57 Å². The van der Waals surface area contributed by atoms with Crippen molar-refractivity contribution in [2.24, 2.45) is 4.99 Å². The van der Waals surface area contributed by atoms with Crippen LogP contribution in [0.3, 0.4) is 0 Å². The average molecular weight is 496 g/mol. The van der Waals surface area contributed by atoms with E-state index in [1.807, 2.05) is 18.4 Å². The number of carbonyl (C=O) groups excluding carboxylic acids is 1. The maximum Gasteiger partial charge on any atom is 0.279 e. The average Bonchev–Trinajstić information content (AvgIpc) is 3.12. The summed E-state index contributed by atoms with van der Waals surface area (Å²) in [4.78, 5) is 17.7. The molecule has 0 spiro atoms. The van der Waals surface area contributed by atoms with E-state index < -0.39 is 21.7 Å². The fourth-order valence-corrected chi connectivity index (χ4v) is 5.71. The molecule has 6 nitrogen and oxygen atoms in total. The Kier molecular flexibility index (Phi) is 6.49. The molecule has 34 heavy (non-hydrogen) atoms. The van der Waals surface area contributed by atoms with E-state index in [0.717, 1.165) is 33.5 Å². The lowest BCUT2D eigenvalue weighted by molar-refractivity contribution is 0.0998. The predicted molar refractivity (Wildman–Crippen MR) is 133 cm³/mol. The van der Waals surface area contributed by atoms with Crippen molar-refractivity contribution in [2.45, 2.75) is 25.3 Å². The first-order valence-electron chi connectivity index (χ1n) is 10.4. The summed E-state index contributed by atoms with van der Waals surface area (Å²) in [7, 11) is -3.88. The van der Waals surface area contributed by atoms with Crippen molar-refractivity contribution in [3.8, 4) is 0 Å². The Morgan fingerprint density at radius 1 is 1.12 bits per heavy atom. The summed E-state index contributed by atoms with van der Waals surface area (Å²) >= 11 is 1.44. The van der Waals surface area contributed by atoms with Gasteiger partial charge in [0.1, 0.15) is 5.82 Å². The zero-order valence-electron chi connectivity index (χ0n) is 18.6. The van der Waals surface area contributed by atoms with Crippen LogP contribution < -0.4 is 9.52 Å². The second-order valence-electron chi connectivity index (χ2n) is 7.77. The van der Waals surface area contributed by atoms with Gasteiger partial charge in [0.2, 0.25) is 0 Å². The van der Waals surface area contributed by atoms with Gasteiger partial charge in [0.15, 0.2) is 4.80 Å². The highest BCUT2D eigenvalue weighted by Gasteiger charge is 2.15. The van der Waals surface area contributed by atoms with Crippen LogP contribution in [0.25, 0.3) is 10.2 Å². The lowest BCUT2D eigenvalue weighted by Crippen LogP contribution is -2.16. The largest absolute Gasteiger partial charge is 0.312 e. The summed E-state index contributed by atoms with van der Waals surface area (Å²) < 4.78 is 43.5. The Hall–Kier alpha value is -3.56. The van der Waals surface area contributed by atoms with E-state index in [4.69, 9.17) is 0 Å². The number of thiazole rings is 1. The van der Waals surface area contributed by atoms with E-state index in [9.17, 15) is 17.6 Å². The van der Waals surface area contributed by atoms with Crippen molar-refractivity contribution in [1.29, 1.82) is 0 Å². The highest BCUT2D eigenvalue weighted by molar-refractivity contribution is 7.92. The fourth-order valence-electron chi connectivity index (χ4n) is 3.56. The van der Waals surface area contributed by atoms with Gasteiger partial charge in [-0.25, -0.2) is 12.8 Å². The normalized spacial score (nSPS) is 12.1. The molecule has 0 bridgehead atoms. The van der Waals surface area contributed by atoms with Crippen LogP contribution in [0, 0.1) is 19.7 Å². The molecule has 1 aromatic heterocycles. The number of aryl methyl sites for hydroxylation is 2. The van der Waals surface area contributed by atoms with Crippen LogP contribution in [0.1, 0.15) is 21.5 Å². The molecule has 0 saturated heterocycles. The number of nitrogens with one attached hydrogen (secondary N) is 1. The third-order valence-corrected chi connectivity index (χ3v) is 7.76. The van der Waals surface area contributed by atoms with Crippen LogP contribution in [0.4, 0.5) is 10.1 Å². The predicted octanol–water partition coefficient (Wildman–Crippen LogP) is 5.19. The number of amides is 1. The minimum absolute atomic E-state index is 0.0638. The monoisotopic (exact) mass is 495 g/mol. The van der Waals surface area contributed by atoms with E-state index in [0.29, 0.717) is 16.9 Å². The van der Waals surface area contributed by atoms with Crippen molar-refractivity contribution in [3.63, 3.8) is 0 Å². The van der Waals surface area contributed by atoms with E-state index in [1.165, 1.54) is 47.7 Å². The van der Waals surface area contributed by atoms with Crippen molar-refractivity contribution in [3.05, 3.63) is 101 Å². The lowest BCUT2D eigenvalue weighted by atomic mass is 10.1. The minimum Gasteiger partial charge on any atom is -0.312 e. The molecular weight excluding hydrogens is 473 g/mol. The number of anilines is 1. The number of carbonyl (C=O) groups is 1. The van der Waals surface area contributed by atoms with Crippen LogP contribution in [0.2, 0.25) is 0 Å². The summed E-state index contributed by atoms with van der Waals surface area (Å²) in [5, 5.41) is 0. The van der Waals surface area contributed by atoms with Gasteiger partial charge in [-0.15, -0.1) is 6.58 Å². The van der Waals surface area contributed by atoms with Crippen LogP contribution in [-0.2, 0) is 16.6 Å². The topological polar surface area (TPSA) is 80.5 Å². The molecule has 0 aliphatic rings. The van der Waals surface area contributed by atoms with Crippen molar-refractivity contribution < 1.29 is 17.6 Å². The number of hydrogen-bond donors (Lipinski definition) is 1. The summed E-state index contributed by atoms with van der Waals surface area (Å²) in [6, 6.07) is 14.7. The highest BCUT2D eigenvalue weighted by atomic mass is 32.2. The number of sulfonamides is 1. The minimum atomic E-state index is -3.88. The molecule has 0 unspecified atom stereocenters. The number of hydrogen-bond acceptors (Lipinski definition) is 4. The van der Waals surface area contributed by atoms with Crippen molar-refractivity contribution in [1.82, 2.24) is 4.57 Å². The Labute approximate surface area is 200 Å². The smallest absolute Gasteiger partial charge is 0.279 e. The second-order valence-corrected chi connectivity index (χ2v) is 10.4. The van der Waals surface area contributed by atoms with Gasteiger partial charge in [0.25, 0.3) is 15.9 Å². The molecule has 0 saturated carbocycles. The Bertz CT molecular complexity index is 1570. The van der Waals surface area contributed by atoms with E-state index in [2.05, 4.69) is 28.4 Å². The summed E-state index contributed by atoms with van der Waals surface area (Å²) in [5.41, 5.74) is 3.83. The number of fused-ring (bicyclic) bond motifs is 1. The standard InChI is InChI=1S/C25H22FN3O3S2/c1-4-13-29-22-15-16(2)14-17(3)23(22)33-25(29)27-24(30)18-5-9-20(10-6-18)28-34(31,32)21-11-7-19(26)8-12-21/h4-12,14-15,28H,1,13H2,2-3H3. The van der Waals surface area contributed by atoms with Crippen molar-refractivity contribution >= 4 is 43.2 Å². The van der Waals surface area contributed by atoms with Crippen molar-refractivity contribution in [2.75, 3.05) is 4.72 Å². The Balaban J connectivity index is 1.63. The van der Waals surface area contributed by atoms with Gasteiger partial charge in [-0.2, -0.15) is 4.99 Å². The highest BCUT2D eigenvalue weighted by Crippen LogP contribution is 2.24. The number of nitrogens with zero attached hydrogens (tertiary/aromatic N) is 2. The molecule has 4 aromatic rings. The maximum absolute atomic E-state index is 13.1. The molecule has 0 aliphatic carbocycles. The number of rotatable bonds is 6. The first-order chi connectivity index (χ1) is 16.2. The molecule has 1 heterocycles. The van der Waals surface area contributed by atoms with Gasteiger partial charge in [0, 0.05) is 17.8 Å². The first-order valence-corrected chi connectivity index (χ1v) is 12.7.